The van der Waals surface area contributed by atoms with Crippen molar-refractivity contribution in [3.8, 4) is 5.75 Å². The maximum Gasteiger partial charge on any atom is 0.416 e. The average Bonchev–Trinajstić information content (AvgIpc) is 3.14. The second kappa shape index (κ2) is 10.4. The lowest BCUT2D eigenvalue weighted by Crippen LogP contribution is -2.44. The number of carboxylic acid groups (broad SMARTS) is 1. The summed E-state index contributed by atoms with van der Waals surface area (Å²) < 4.78 is 59.9. The monoisotopic (exact) mass is 520 g/mol. The molecule has 0 fully saturated rings. The Morgan fingerprint density at radius 2 is 1.89 bits per heavy atom. The van der Waals surface area contributed by atoms with Crippen molar-refractivity contribution in [1.29, 1.82) is 0 Å². The number of hydrogen-bond donors (Lipinski definition) is 1. The van der Waals surface area contributed by atoms with Crippen LogP contribution in [0.3, 0.4) is 0 Å². The number of aliphatic carboxylic acids is 1. The standard InChI is InChI=1S/C27H28F4N2O4/c1-3-23(26(35)36)33-24-10-6-18(28)14-21(24)22-15-19(7-11-25(22)33)32(16(2)34)12-13-37-20-8-4-17(5-9-20)27(29,30)31/h4-6,8-10,14,19,23H,3,7,11-13,15H2,1-2H3,(H,35,36)/t19-,23?/m0/s1. The van der Waals surface area contributed by atoms with Gasteiger partial charge in [0.2, 0.25) is 5.91 Å². The molecule has 1 aromatic heterocycles. The first kappa shape index (κ1) is 26.5. The summed E-state index contributed by atoms with van der Waals surface area (Å²) >= 11 is 0. The van der Waals surface area contributed by atoms with Crippen LogP contribution in [0.2, 0.25) is 0 Å². The Labute approximate surface area is 211 Å². The molecule has 1 unspecified atom stereocenters. The first-order chi connectivity index (χ1) is 17.5. The number of aromatic nitrogens is 1. The number of rotatable bonds is 8. The zero-order chi connectivity index (χ0) is 26.9. The zero-order valence-electron chi connectivity index (χ0n) is 20.5. The molecular formula is C27H28F4N2O4. The van der Waals surface area contributed by atoms with Crippen LogP contribution in [0.1, 0.15) is 49.6 Å². The number of alkyl halides is 3. The highest BCUT2D eigenvalue weighted by Crippen LogP contribution is 2.37. The molecule has 2 atom stereocenters. The van der Waals surface area contributed by atoms with E-state index in [1.807, 2.05) is 0 Å². The summed E-state index contributed by atoms with van der Waals surface area (Å²) in [7, 11) is 0. The van der Waals surface area contributed by atoms with Crippen molar-refractivity contribution in [2.24, 2.45) is 0 Å². The SMILES string of the molecule is CCC(C(=O)O)n1c2c(c3cc(F)ccc31)C[C@@H](N(CCOc1ccc(C(F)(F)F)cc1)C(C)=O)CC2. The van der Waals surface area contributed by atoms with Crippen molar-refractivity contribution in [3.05, 3.63) is 65.1 Å². The van der Waals surface area contributed by atoms with E-state index in [0.717, 1.165) is 23.4 Å². The second-order valence-electron chi connectivity index (χ2n) is 9.20. The lowest BCUT2D eigenvalue weighted by molar-refractivity contribution is -0.141. The van der Waals surface area contributed by atoms with Crippen LogP contribution < -0.4 is 4.74 Å². The predicted octanol–water partition coefficient (Wildman–Crippen LogP) is 5.62. The molecule has 1 amide bonds. The van der Waals surface area contributed by atoms with Crippen LogP contribution in [0.4, 0.5) is 17.6 Å². The lowest BCUT2D eigenvalue weighted by atomic mass is 9.90. The van der Waals surface area contributed by atoms with Crippen LogP contribution in [-0.2, 0) is 28.6 Å². The van der Waals surface area contributed by atoms with E-state index >= 15 is 0 Å². The second-order valence-corrected chi connectivity index (χ2v) is 9.20. The molecule has 198 valence electrons. The Balaban J connectivity index is 1.54. The van der Waals surface area contributed by atoms with E-state index in [0.29, 0.717) is 36.6 Å². The fourth-order valence-corrected chi connectivity index (χ4v) is 5.24. The third-order valence-corrected chi connectivity index (χ3v) is 6.95. The summed E-state index contributed by atoms with van der Waals surface area (Å²) in [5.41, 5.74) is 1.56. The molecule has 1 aliphatic rings. The van der Waals surface area contributed by atoms with Crippen LogP contribution in [0.5, 0.6) is 5.75 Å². The normalized spacial score (nSPS) is 16.3. The number of ether oxygens (including phenoxy) is 1. The van der Waals surface area contributed by atoms with Gasteiger partial charge in [-0.05, 0) is 73.7 Å². The number of fused-ring (bicyclic) bond motifs is 3. The van der Waals surface area contributed by atoms with Gasteiger partial charge in [-0.25, -0.2) is 9.18 Å². The van der Waals surface area contributed by atoms with Crippen LogP contribution >= 0.6 is 0 Å². The van der Waals surface area contributed by atoms with Gasteiger partial charge in [-0.1, -0.05) is 6.92 Å². The minimum Gasteiger partial charge on any atom is -0.492 e. The number of hydrogen-bond acceptors (Lipinski definition) is 3. The fourth-order valence-electron chi connectivity index (χ4n) is 5.24. The Morgan fingerprint density at radius 3 is 2.49 bits per heavy atom. The van der Waals surface area contributed by atoms with Gasteiger partial charge in [0.25, 0.3) is 0 Å². The van der Waals surface area contributed by atoms with Crippen LogP contribution in [0, 0.1) is 5.82 Å². The van der Waals surface area contributed by atoms with Crippen molar-refractivity contribution in [3.63, 3.8) is 0 Å². The minimum absolute atomic E-state index is 0.0849. The van der Waals surface area contributed by atoms with E-state index < -0.39 is 29.6 Å². The number of carbonyl (C=O) groups is 2. The first-order valence-corrected chi connectivity index (χ1v) is 12.1. The molecule has 0 saturated carbocycles. The van der Waals surface area contributed by atoms with E-state index in [1.54, 1.807) is 22.5 Å². The average molecular weight is 521 g/mol. The van der Waals surface area contributed by atoms with E-state index in [2.05, 4.69) is 0 Å². The molecule has 0 saturated heterocycles. The van der Waals surface area contributed by atoms with Gasteiger partial charge in [0.1, 0.15) is 24.2 Å². The molecule has 0 radical (unpaired) electrons. The minimum atomic E-state index is -4.43. The largest absolute Gasteiger partial charge is 0.492 e. The van der Waals surface area contributed by atoms with Gasteiger partial charge in [0.05, 0.1) is 12.1 Å². The molecule has 0 aliphatic heterocycles. The smallest absolute Gasteiger partial charge is 0.416 e. The summed E-state index contributed by atoms with van der Waals surface area (Å²) in [5.74, 6) is -1.30. The molecule has 3 aromatic rings. The van der Waals surface area contributed by atoms with Gasteiger partial charge in [-0.3, -0.25) is 4.79 Å². The van der Waals surface area contributed by atoms with Crippen LogP contribution in [0.15, 0.2) is 42.5 Å². The molecule has 1 N–H and O–H groups in total. The third kappa shape index (κ3) is 5.42. The number of halogens is 4. The van der Waals surface area contributed by atoms with Crippen molar-refractivity contribution in [1.82, 2.24) is 9.47 Å². The fraction of sp³-hybridized carbons (Fsp3) is 0.407. The van der Waals surface area contributed by atoms with Crippen molar-refractivity contribution < 1.29 is 37.0 Å². The van der Waals surface area contributed by atoms with E-state index in [4.69, 9.17) is 4.74 Å². The summed E-state index contributed by atoms with van der Waals surface area (Å²) in [4.78, 5) is 26.2. The van der Waals surface area contributed by atoms with Gasteiger partial charge in [-0.15, -0.1) is 0 Å². The van der Waals surface area contributed by atoms with E-state index in [-0.39, 0.29) is 30.9 Å². The Hall–Kier alpha value is -3.56. The number of carboxylic acids is 1. The summed E-state index contributed by atoms with van der Waals surface area (Å²) in [5, 5.41) is 10.4. The number of amides is 1. The van der Waals surface area contributed by atoms with Crippen molar-refractivity contribution >= 4 is 22.8 Å². The Kier molecular flexibility index (Phi) is 7.47. The van der Waals surface area contributed by atoms with Gasteiger partial charge in [-0.2, -0.15) is 13.2 Å². The molecule has 10 heteroatoms. The van der Waals surface area contributed by atoms with Crippen molar-refractivity contribution in [2.45, 2.75) is 57.8 Å². The van der Waals surface area contributed by atoms with Gasteiger partial charge < -0.3 is 19.3 Å². The summed E-state index contributed by atoms with van der Waals surface area (Å²) in [6, 6.07) is 7.69. The van der Waals surface area contributed by atoms with E-state index in [1.165, 1.54) is 31.2 Å². The number of benzene rings is 2. The maximum atomic E-state index is 14.2. The molecular weight excluding hydrogens is 492 g/mol. The molecule has 4 rings (SSSR count). The maximum absolute atomic E-state index is 14.2. The Bertz CT molecular complexity index is 1300. The van der Waals surface area contributed by atoms with Crippen LogP contribution in [-0.4, -0.2) is 45.6 Å². The molecule has 37 heavy (non-hydrogen) atoms. The molecule has 6 nitrogen and oxygen atoms in total. The molecule has 2 aromatic carbocycles. The predicted molar refractivity (Wildman–Crippen MR) is 129 cm³/mol. The quantitative estimate of drug-likeness (QED) is 0.392. The highest BCUT2D eigenvalue weighted by Gasteiger charge is 2.33. The zero-order valence-corrected chi connectivity index (χ0v) is 20.5. The molecule has 1 heterocycles. The number of carbonyl (C=O) groups excluding carboxylic acids is 1. The van der Waals surface area contributed by atoms with Crippen molar-refractivity contribution in [2.75, 3.05) is 13.2 Å². The van der Waals surface area contributed by atoms with Gasteiger partial charge in [0.15, 0.2) is 0 Å². The molecule has 0 spiro atoms. The summed E-state index contributed by atoms with van der Waals surface area (Å²) in [6.07, 6.45) is -2.53. The third-order valence-electron chi connectivity index (χ3n) is 6.95. The van der Waals surface area contributed by atoms with Gasteiger partial charge >= 0.3 is 12.1 Å². The lowest BCUT2D eigenvalue weighted by Gasteiger charge is -2.34. The topological polar surface area (TPSA) is 71.8 Å². The number of nitrogens with zero attached hydrogens (tertiary/aromatic N) is 2. The summed E-state index contributed by atoms with van der Waals surface area (Å²) in [6.45, 7) is 3.53. The van der Waals surface area contributed by atoms with Gasteiger partial charge in [0, 0.05) is 29.6 Å². The van der Waals surface area contributed by atoms with E-state index in [9.17, 15) is 32.3 Å². The van der Waals surface area contributed by atoms with Crippen LogP contribution in [0.25, 0.3) is 10.9 Å². The molecule has 1 aliphatic carbocycles. The first-order valence-electron chi connectivity index (χ1n) is 12.1. The Morgan fingerprint density at radius 1 is 1.19 bits per heavy atom. The highest BCUT2D eigenvalue weighted by atomic mass is 19.4. The molecule has 0 bridgehead atoms. The highest BCUT2D eigenvalue weighted by molar-refractivity contribution is 5.88.